The zero-order chi connectivity index (χ0) is 22.2. The van der Waals surface area contributed by atoms with Crippen LogP contribution < -0.4 is 4.74 Å². The van der Waals surface area contributed by atoms with E-state index >= 15 is 0 Å². The van der Waals surface area contributed by atoms with Crippen molar-refractivity contribution in [1.82, 2.24) is 14.1 Å². The van der Waals surface area contributed by atoms with E-state index in [0.717, 1.165) is 10.9 Å². The monoisotopic (exact) mass is 443 g/mol. The molecule has 3 aromatic rings. The Morgan fingerprint density at radius 3 is 2.55 bits per heavy atom. The lowest BCUT2D eigenvalue weighted by Crippen LogP contribution is -2.29. The van der Waals surface area contributed by atoms with Gasteiger partial charge in [0.2, 0.25) is 10.0 Å². The Labute approximate surface area is 181 Å². The molecule has 2 heterocycles. The summed E-state index contributed by atoms with van der Waals surface area (Å²) in [5.74, 6) is -0.309. The second-order valence-electron chi connectivity index (χ2n) is 7.75. The molecule has 1 N–H and O–H groups in total. The molecule has 1 fully saturated rings. The van der Waals surface area contributed by atoms with Crippen molar-refractivity contribution in [3.63, 3.8) is 0 Å². The van der Waals surface area contributed by atoms with Gasteiger partial charge in [0.25, 0.3) is 0 Å². The van der Waals surface area contributed by atoms with E-state index in [1.165, 1.54) is 4.31 Å². The first-order valence-corrected chi connectivity index (χ1v) is 11.7. The van der Waals surface area contributed by atoms with E-state index in [1.54, 1.807) is 28.9 Å². The fourth-order valence-electron chi connectivity index (χ4n) is 4.13. The molecule has 2 aromatic carbocycles. The van der Waals surface area contributed by atoms with Crippen LogP contribution in [0, 0.1) is 5.92 Å². The first-order chi connectivity index (χ1) is 14.8. The van der Waals surface area contributed by atoms with Crippen LogP contribution in [0.5, 0.6) is 5.75 Å². The summed E-state index contributed by atoms with van der Waals surface area (Å²) in [4.78, 5) is 11.5. The van der Waals surface area contributed by atoms with Crippen LogP contribution in [0.15, 0.2) is 53.4 Å². The van der Waals surface area contributed by atoms with Gasteiger partial charge in [-0.15, -0.1) is 0 Å². The maximum Gasteiger partial charge on any atom is 0.309 e. The number of carboxylic acids is 1. The van der Waals surface area contributed by atoms with Crippen LogP contribution in [0.4, 0.5) is 0 Å². The topological polar surface area (TPSA) is 102 Å². The molecule has 9 heteroatoms. The van der Waals surface area contributed by atoms with E-state index in [-0.39, 0.29) is 29.8 Å². The van der Waals surface area contributed by atoms with Crippen molar-refractivity contribution in [2.24, 2.45) is 5.92 Å². The number of aromatic nitrogens is 2. The summed E-state index contributed by atoms with van der Waals surface area (Å²) >= 11 is 0. The summed E-state index contributed by atoms with van der Waals surface area (Å²) in [7, 11) is -3.67. The minimum atomic E-state index is -3.67. The third kappa shape index (κ3) is 4.03. The van der Waals surface area contributed by atoms with Gasteiger partial charge in [-0.3, -0.25) is 9.48 Å². The summed E-state index contributed by atoms with van der Waals surface area (Å²) in [6.07, 6.45) is -0.178. The molecule has 0 radical (unpaired) electrons. The van der Waals surface area contributed by atoms with Crippen LogP contribution in [0.1, 0.15) is 25.6 Å². The van der Waals surface area contributed by atoms with Crippen LogP contribution in [-0.2, 0) is 21.2 Å². The molecular weight excluding hydrogens is 418 g/mol. The number of rotatable bonds is 7. The molecule has 0 saturated carbocycles. The highest BCUT2D eigenvalue weighted by atomic mass is 32.2. The fraction of sp³-hybridized carbons (Fsp3) is 0.364. The van der Waals surface area contributed by atoms with Gasteiger partial charge in [-0.25, -0.2) is 8.42 Å². The van der Waals surface area contributed by atoms with Crippen molar-refractivity contribution in [3.8, 4) is 5.75 Å². The molecule has 0 spiro atoms. The number of fused-ring (bicyclic) bond motifs is 1. The molecule has 8 nitrogen and oxygen atoms in total. The van der Waals surface area contributed by atoms with E-state index in [2.05, 4.69) is 5.10 Å². The van der Waals surface area contributed by atoms with Gasteiger partial charge in [0.15, 0.2) is 0 Å². The molecule has 164 valence electrons. The number of aliphatic carboxylic acids is 1. The van der Waals surface area contributed by atoms with Gasteiger partial charge in [-0.2, -0.15) is 9.40 Å². The van der Waals surface area contributed by atoms with Crippen molar-refractivity contribution < 1.29 is 23.1 Å². The Bertz CT molecular complexity index is 1200. The number of sulfonamides is 1. The van der Waals surface area contributed by atoms with Crippen molar-refractivity contribution in [3.05, 3.63) is 54.2 Å². The lowest BCUT2D eigenvalue weighted by Gasteiger charge is -2.18. The highest BCUT2D eigenvalue weighted by molar-refractivity contribution is 7.89. The average Bonchev–Trinajstić information content (AvgIpc) is 3.29. The molecular formula is C22H25N3O5S. The molecule has 2 atom stereocenters. The van der Waals surface area contributed by atoms with Crippen LogP contribution in [0.3, 0.4) is 0 Å². The number of hydrogen-bond acceptors (Lipinski definition) is 5. The van der Waals surface area contributed by atoms with Crippen molar-refractivity contribution >= 4 is 26.9 Å². The third-order valence-corrected chi connectivity index (χ3v) is 7.48. The predicted octanol–water partition coefficient (Wildman–Crippen LogP) is 2.94. The minimum Gasteiger partial charge on any atom is -0.494 e. The van der Waals surface area contributed by atoms with E-state index in [1.807, 2.05) is 38.1 Å². The van der Waals surface area contributed by atoms with Crippen molar-refractivity contribution in [2.75, 3.05) is 19.7 Å². The number of ether oxygens (including phenoxy) is 1. The first kappa shape index (κ1) is 21.3. The molecule has 4 rings (SSSR count). The zero-order valence-electron chi connectivity index (χ0n) is 17.4. The Morgan fingerprint density at radius 2 is 1.87 bits per heavy atom. The predicted molar refractivity (Wildman–Crippen MR) is 116 cm³/mol. The maximum atomic E-state index is 13.2. The fourth-order valence-corrected chi connectivity index (χ4v) is 5.68. The summed E-state index contributed by atoms with van der Waals surface area (Å²) < 4.78 is 35.1. The van der Waals surface area contributed by atoms with E-state index in [4.69, 9.17) is 4.74 Å². The number of benzene rings is 2. The van der Waals surface area contributed by atoms with E-state index < -0.39 is 16.0 Å². The SMILES string of the molecule is CCOc1ccc(S(=O)(=O)N2C[C@@H](C)[C@H](n3nc(CC(=O)O)c4ccccc43)C2)cc1. The first-order valence-electron chi connectivity index (χ1n) is 10.2. The van der Waals surface area contributed by atoms with Crippen molar-refractivity contribution in [2.45, 2.75) is 31.2 Å². The number of carboxylic acid groups (broad SMARTS) is 1. The second kappa shape index (κ2) is 8.32. The smallest absolute Gasteiger partial charge is 0.309 e. The quantitative estimate of drug-likeness (QED) is 0.602. The zero-order valence-corrected chi connectivity index (χ0v) is 18.2. The van der Waals surface area contributed by atoms with Gasteiger partial charge in [-0.05, 0) is 43.2 Å². The molecule has 1 saturated heterocycles. The van der Waals surface area contributed by atoms with Crippen molar-refractivity contribution in [1.29, 1.82) is 0 Å². The minimum absolute atomic E-state index is 0.0125. The molecule has 0 aliphatic carbocycles. The summed E-state index contributed by atoms with van der Waals surface area (Å²) in [5, 5.41) is 14.6. The van der Waals surface area contributed by atoms with Gasteiger partial charge in [-0.1, -0.05) is 25.1 Å². The van der Waals surface area contributed by atoms with Gasteiger partial charge in [0.05, 0.1) is 35.2 Å². The van der Waals surface area contributed by atoms with E-state index in [9.17, 15) is 18.3 Å². The lowest BCUT2D eigenvalue weighted by atomic mass is 10.1. The van der Waals surface area contributed by atoms with Gasteiger partial charge in [0, 0.05) is 18.5 Å². The molecule has 1 aromatic heterocycles. The van der Waals surface area contributed by atoms with Crippen LogP contribution in [0.2, 0.25) is 0 Å². The normalized spacial score (nSPS) is 19.7. The number of para-hydroxylation sites is 1. The van der Waals surface area contributed by atoms with Crippen LogP contribution in [-0.4, -0.2) is 53.3 Å². The Kier molecular flexibility index (Phi) is 5.72. The number of hydrogen-bond donors (Lipinski definition) is 1. The summed E-state index contributed by atoms with van der Waals surface area (Å²) in [5.41, 5.74) is 1.30. The average molecular weight is 444 g/mol. The highest BCUT2D eigenvalue weighted by Crippen LogP contribution is 2.34. The molecule has 0 unspecified atom stereocenters. The Morgan fingerprint density at radius 1 is 1.16 bits per heavy atom. The van der Waals surface area contributed by atoms with Gasteiger partial charge < -0.3 is 9.84 Å². The van der Waals surface area contributed by atoms with Crippen LogP contribution in [0.25, 0.3) is 10.9 Å². The van der Waals surface area contributed by atoms with Gasteiger partial charge >= 0.3 is 5.97 Å². The number of nitrogens with zero attached hydrogens (tertiary/aromatic N) is 3. The standard InChI is InChI=1S/C22H25N3O5S/c1-3-30-16-8-10-17(11-9-16)31(28,29)24-13-15(2)21(14-24)25-20-7-5-4-6-18(20)19(23-25)12-22(26)27/h4-11,15,21H,3,12-14H2,1-2H3,(H,26,27)/t15-,21-/m1/s1. The largest absolute Gasteiger partial charge is 0.494 e. The highest BCUT2D eigenvalue weighted by Gasteiger charge is 2.39. The maximum absolute atomic E-state index is 13.2. The Hall–Kier alpha value is -2.91. The lowest BCUT2D eigenvalue weighted by molar-refractivity contribution is -0.136. The van der Waals surface area contributed by atoms with E-state index in [0.29, 0.717) is 24.6 Å². The molecule has 0 amide bonds. The number of carbonyl (C=O) groups is 1. The molecule has 1 aliphatic rings. The molecule has 0 bridgehead atoms. The van der Waals surface area contributed by atoms with Crippen LogP contribution >= 0.6 is 0 Å². The summed E-state index contributed by atoms with van der Waals surface area (Å²) in [6, 6.07) is 13.7. The third-order valence-electron chi connectivity index (χ3n) is 5.63. The summed E-state index contributed by atoms with van der Waals surface area (Å²) in [6.45, 7) is 5.01. The second-order valence-corrected chi connectivity index (χ2v) is 9.69. The molecule has 31 heavy (non-hydrogen) atoms. The van der Waals surface area contributed by atoms with Gasteiger partial charge in [0.1, 0.15) is 5.75 Å². The Balaban J connectivity index is 1.64. The molecule has 1 aliphatic heterocycles.